The Bertz CT molecular complexity index is 329. The molecule has 0 heterocycles. The lowest BCUT2D eigenvalue weighted by Gasteiger charge is -2.04. The van der Waals surface area contributed by atoms with Gasteiger partial charge in [-0.15, -0.1) is 0 Å². The Balaban J connectivity index is 3.06. The molecule has 0 radical (unpaired) electrons. The molecule has 0 unspecified atom stereocenters. The Hall–Kier alpha value is -1.23. The fourth-order valence-electron chi connectivity index (χ4n) is 0.982. The molecule has 70 valence electrons. The number of rotatable bonds is 2. The molecule has 0 aromatic heterocycles. The fourth-order valence-corrected chi connectivity index (χ4v) is 1.50. The van der Waals surface area contributed by atoms with Crippen molar-refractivity contribution in [3.05, 3.63) is 22.2 Å². The molecule has 0 bridgehead atoms. The molecule has 5 heteroatoms. The van der Waals surface area contributed by atoms with Gasteiger partial charge in [0.25, 0.3) is 0 Å². The monoisotopic (exact) mass is 244 g/mol. The van der Waals surface area contributed by atoms with Crippen LogP contribution in [0.2, 0.25) is 0 Å². The summed E-state index contributed by atoms with van der Waals surface area (Å²) in [6.07, 6.45) is 0.114. The van der Waals surface area contributed by atoms with Crippen LogP contribution < -0.4 is 11.5 Å². The number of anilines is 1. The summed E-state index contributed by atoms with van der Waals surface area (Å²) in [6, 6.07) is 3.13. The van der Waals surface area contributed by atoms with Crippen molar-refractivity contribution in [2.75, 3.05) is 5.73 Å². The lowest BCUT2D eigenvalue weighted by Crippen LogP contribution is -2.13. The number of carbonyl (C=O) groups is 1. The van der Waals surface area contributed by atoms with Crippen molar-refractivity contribution in [2.24, 2.45) is 5.73 Å². The summed E-state index contributed by atoms with van der Waals surface area (Å²) in [4.78, 5) is 10.6. The number of hydrogen-bond acceptors (Lipinski definition) is 3. The van der Waals surface area contributed by atoms with E-state index in [1.807, 2.05) is 0 Å². The number of nitrogen functional groups attached to an aromatic ring is 1. The van der Waals surface area contributed by atoms with Gasteiger partial charge in [-0.05, 0) is 33.6 Å². The molecular weight excluding hydrogens is 236 g/mol. The standard InChI is InChI=1S/C8H9BrN2O2/c9-5-1-4(3-7(11)12)2-6(10)8(5)13/h1-2,13H,3,10H2,(H2,11,12). The molecule has 13 heavy (non-hydrogen) atoms. The van der Waals surface area contributed by atoms with E-state index in [-0.39, 0.29) is 17.9 Å². The highest BCUT2D eigenvalue weighted by molar-refractivity contribution is 9.10. The number of carbonyl (C=O) groups excluding carboxylic acids is 1. The van der Waals surface area contributed by atoms with Gasteiger partial charge in [-0.2, -0.15) is 0 Å². The second-order valence-corrected chi connectivity index (χ2v) is 3.51. The van der Waals surface area contributed by atoms with E-state index in [0.29, 0.717) is 10.0 Å². The van der Waals surface area contributed by atoms with Crippen molar-refractivity contribution in [3.63, 3.8) is 0 Å². The third-order valence-corrected chi connectivity index (χ3v) is 2.14. The SMILES string of the molecule is NC(=O)Cc1cc(N)c(O)c(Br)c1. The topological polar surface area (TPSA) is 89.3 Å². The molecule has 1 aromatic carbocycles. The van der Waals surface area contributed by atoms with E-state index in [4.69, 9.17) is 11.5 Å². The zero-order chi connectivity index (χ0) is 10.0. The average Bonchev–Trinajstić information content (AvgIpc) is 1.98. The summed E-state index contributed by atoms with van der Waals surface area (Å²) >= 11 is 3.10. The maximum atomic E-state index is 10.6. The van der Waals surface area contributed by atoms with Crippen molar-refractivity contribution in [1.82, 2.24) is 0 Å². The van der Waals surface area contributed by atoms with Gasteiger partial charge in [-0.3, -0.25) is 4.79 Å². The van der Waals surface area contributed by atoms with Crippen LogP contribution in [0.3, 0.4) is 0 Å². The van der Waals surface area contributed by atoms with Gasteiger partial charge in [0, 0.05) is 0 Å². The van der Waals surface area contributed by atoms with Crippen LogP contribution in [0.1, 0.15) is 5.56 Å². The minimum atomic E-state index is -0.433. The van der Waals surface area contributed by atoms with E-state index < -0.39 is 5.91 Å². The van der Waals surface area contributed by atoms with Crippen molar-refractivity contribution in [3.8, 4) is 5.75 Å². The molecule has 1 aromatic rings. The summed E-state index contributed by atoms with van der Waals surface area (Å²) in [5.41, 5.74) is 11.4. The van der Waals surface area contributed by atoms with E-state index in [9.17, 15) is 9.90 Å². The quantitative estimate of drug-likeness (QED) is 0.530. The lowest BCUT2D eigenvalue weighted by atomic mass is 10.1. The predicted octanol–water partition coefficient (Wildman–Crippen LogP) is 0.765. The Kier molecular flexibility index (Phi) is 2.77. The molecule has 0 atom stereocenters. The molecule has 0 fully saturated rings. The normalized spacial score (nSPS) is 9.92. The van der Waals surface area contributed by atoms with Crippen LogP contribution in [0.25, 0.3) is 0 Å². The Labute approximate surface area is 83.7 Å². The Morgan fingerprint density at radius 2 is 2.15 bits per heavy atom. The van der Waals surface area contributed by atoms with Crippen molar-refractivity contribution in [2.45, 2.75) is 6.42 Å². The molecule has 0 aliphatic carbocycles. The summed E-state index contributed by atoms with van der Waals surface area (Å²) in [5, 5.41) is 9.28. The third-order valence-electron chi connectivity index (χ3n) is 1.53. The highest BCUT2D eigenvalue weighted by Crippen LogP contribution is 2.31. The molecule has 0 saturated carbocycles. The minimum absolute atomic E-state index is 0.0202. The number of phenolic OH excluding ortho intramolecular Hbond substituents is 1. The zero-order valence-electron chi connectivity index (χ0n) is 6.75. The number of benzene rings is 1. The number of primary amides is 1. The van der Waals surface area contributed by atoms with Gasteiger partial charge in [0.05, 0.1) is 16.6 Å². The molecule has 1 rings (SSSR count). The van der Waals surface area contributed by atoms with Crippen LogP contribution in [0.15, 0.2) is 16.6 Å². The third kappa shape index (κ3) is 2.35. The first-order chi connectivity index (χ1) is 6.00. The molecule has 0 saturated heterocycles. The van der Waals surface area contributed by atoms with Crippen molar-refractivity contribution < 1.29 is 9.90 Å². The Morgan fingerprint density at radius 1 is 1.54 bits per heavy atom. The van der Waals surface area contributed by atoms with E-state index in [1.54, 1.807) is 6.07 Å². The largest absolute Gasteiger partial charge is 0.505 e. The van der Waals surface area contributed by atoms with Crippen LogP contribution in [-0.4, -0.2) is 11.0 Å². The lowest BCUT2D eigenvalue weighted by molar-refractivity contribution is -0.117. The van der Waals surface area contributed by atoms with E-state index in [1.165, 1.54) is 6.07 Å². The average molecular weight is 245 g/mol. The van der Waals surface area contributed by atoms with Crippen LogP contribution in [-0.2, 0) is 11.2 Å². The number of hydrogen-bond donors (Lipinski definition) is 3. The van der Waals surface area contributed by atoms with E-state index in [0.717, 1.165) is 0 Å². The molecule has 0 spiro atoms. The maximum absolute atomic E-state index is 10.6. The van der Waals surface area contributed by atoms with Crippen molar-refractivity contribution >= 4 is 27.5 Å². The van der Waals surface area contributed by atoms with Gasteiger partial charge in [-0.25, -0.2) is 0 Å². The first kappa shape index (κ1) is 9.85. The van der Waals surface area contributed by atoms with Gasteiger partial charge in [0.2, 0.25) is 5.91 Å². The summed E-state index contributed by atoms with van der Waals surface area (Å²) in [7, 11) is 0. The summed E-state index contributed by atoms with van der Waals surface area (Å²) in [6.45, 7) is 0. The van der Waals surface area contributed by atoms with Crippen LogP contribution >= 0.6 is 15.9 Å². The van der Waals surface area contributed by atoms with Crippen LogP contribution in [0.4, 0.5) is 5.69 Å². The molecule has 4 nitrogen and oxygen atoms in total. The summed E-state index contributed by atoms with van der Waals surface area (Å²) in [5.74, 6) is -0.454. The maximum Gasteiger partial charge on any atom is 0.221 e. The van der Waals surface area contributed by atoms with Crippen LogP contribution in [0.5, 0.6) is 5.75 Å². The molecular formula is C8H9BrN2O2. The number of nitrogens with two attached hydrogens (primary N) is 2. The van der Waals surface area contributed by atoms with E-state index in [2.05, 4.69) is 15.9 Å². The summed E-state index contributed by atoms with van der Waals surface area (Å²) < 4.78 is 0.462. The second-order valence-electron chi connectivity index (χ2n) is 2.66. The van der Waals surface area contributed by atoms with Crippen molar-refractivity contribution in [1.29, 1.82) is 0 Å². The van der Waals surface area contributed by atoms with Gasteiger partial charge in [0.15, 0.2) is 5.75 Å². The first-order valence-electron chi connectivity index (χ1n) is 3.56. The van der Waals surface area contributed by atoms with Gasteiger partial charge < -0.3 is 16.6 Å². The van der Waals surface area contributed by atoms with Gasteiger partial charge in [-0.1, -0.05) is 0 Å². The minimum Gasteiger partial charge on any atom is -0.505 e. The van der Waals surface area contributed by atoms with Crippen LogP contribution in [0, 0.1) is 0 Å². The predicted molar refractivity (Wildman–Crippen MR) is 53.1 cm³/mol. The number of amides is 1. The zero-order valence-corrected chi connectivity index (χ0v) is 8.34. The second kappa shape index (κ2) is 3.66. The smallest absolute Gasteiger partial charge is 0.221 e. The van der Waals surface area contributed by atoms with E-state index >= 15 is 0 Å². The van der Waals surface area contributed by atoms with Gasteiger partial charge >= 0.3 is 0 Å². The molecule has 5 N–H and O–H groups in total. The number of aromatic hydroxyl groups is 1. The highest BCUT2D eigenvalue weighted by Gasteiger charge is 2.06. The van der Waals surface area contributed by atoms with Gasteiger partial charge in [0.1, 0.15) is 0 Å². The highest BCUT2D eigenvalue weighted by atomic mass is 79.9. The number of phenols is 1. The molecule has 0 aliphatic heterocycles. The number of halogens is 1. The molecule has 0 aliphatic rings. The fraction of sp³-hybridized carbons (Fsp3) is 0.125. The Morgan fingerprint density at radius 3 is 2.62 bits per heavy atom. The molecule has 1 amide bonds. The first-order valence-corrected chi connectivity index (χ1v) is 4.35.